The third kappa shape index (κ3) is 6.01. The molecule has 1 amide bonds. The zero-order valence-electron chi connectivity index (χ0n) is 19.1. The largest absolute Gasteiger partial charge is 0.493 e. The van der Waals surface area contributed by atoms with E-state index in [4.69, 9.17) is 9.47 Å². The minimum absolute atomic E-state index is 0.117. The molecule has 1 unspecified atom stereocenters. The Morgan fingerprint density at radius 3 is 2.27 bits per heavy atom. The van der Waals surface area contributed by atoms with Gasteiger partial charge in [0.05, 0.1) is 25.2 Å². The molecule has 2 aromatic rings. The SMILES string of the molecule is COc1ccc(S(=O)(=O)N2CCN(C(C)C(=O)NCCc3ccc(F)cc3)CC2)cc1OC. The number of piperazine rings is 1. The molecule has 0 radical (unpaired) electrons. The molecule has 1 atom stereocenters. The maximum absolute atomic E-state index is 13.1. The molecule has 1 aliphatic rings. The molecule has 33 heavy (non-hydrogen) atoms. The second-order valence-electron chi connectivity index (χ2n) is 7.80. The van der Waals surface area contributed by atoms with E-state index in [9.17, 15) is 17.6 Å². The van der Waals surface area contributed by atoms with Crippen molar-refractivity contribution in [2.75, 3.05) is 46.9 Å². The third-order valence-electron chi connectivity index (χ3n) is 5.82. The van der Waals surface area contributed by atoms with Crippen molar-refractivity contribution >= 4 is 15.9 Å². The van der Waals surface area contributed by atoms with Crippen LogP contribution >= 0.6 is 0 Å². The van der Waals surface area contributed by atoms with Gasteiger partial charge >= 0.3 is 0 Å². The van der Waals surface area contributed by atoms with Crippen LogP contribution in [0.5, 0.6) is 11.5 Å². The Kier molecular flexibility index (Phi) is 8.28. The van der Waals surface area contributed by atoms with Gasteiger partial charge in [0.25, 0.3) is 0 Å². The molecular formula is C23H30FN3O5S. The van der Waals surface area contributed by atoms with Crippen LogP contribution in [0.15, 0.2) is 47.4 Å². The predicted molar refractivity (Wildman–Crippen MR) is 122 cm³/mol. The Labute approximate surface area is 194 Å². The molecule has 0 bridgehead atoms. The molecule has 0 spiro atoms. The van der Waals surface area contributed by atoms with Crippen LogP contribution in [-0.2, 0) is 21.2 Å². The number of amides is 1. The van der Waals surface area contributed by atoms with Gasteiger partial charge in [0.2, 0.25) is 15.9 Å². The molecule has 1 N–H and O–H groups in total. The number of carbonyl (C=O) groups is 1. The molecule has 8 nitrogen and oxygen atoms in total. The first-order valence-corrected chi connectivity index (χ1v) is 12.2. The van der Waals surface area contributed by atoms with Crippen LogP contribution < -0.4 is 14.8 Å². The van der Waals surface area contributed by atoms with E-state index in [0.717, 1.165) is 5.56 Å². The number of hydrogen-bond acceptors (Lipinski definition) is 6. The fourth-order valence-corrected chi connectivity index (χ4v) is 5.19. The van der Waals surface area contributed by atoms with Crippen LogP contribution in [0.3, 0.4) is 0 Å². The van der Waals surface area contributed by atoms with Gasteiger partial charge in [-0.05, 0) is 43.2 Å². The van der Waals surface area contributed by atoms with Gasteiger partial charge < -0.3 is 14.8 Å². The van der Waals surface area contributed by atoms with Crippen molar-refractivity contribution in [2.45, 2.75) is 24.3 Å². The van der Waals surface area contributed by atoms with Gasteiger partial charge in [-0.25, -0.2) is 12.8 Å². The van der Waals surface area contributed by atoms with E-state index >= 15 is 0 Å². The Morgan fingerprint density at radius 2 is 1.67 bits per heavy atom. The number of nitrogens with one attached hydrogen (secondary N) is 1. The van der Waals surface area contributed by atoms with Crippen LogP contribution in [-0.4, -0.2) is 76.5 Å². The Morgan fingerprint density at radius 1 is 1.03 bits per heavy atom. The van der Waals surface area contributed by atoms with E-state index in [1.54, 1.807) is 18.2 Å². The second kappa shape index (κ2) is 11.0. The van der Waals surface area contributed by atoms with Gasteiger partial charge in [0, 0.05) is 38.8 Å². The molecule has 1 heterocycles. The molecular weight excluding hydrogens is 449 g/mol. The van der Waals surface area contributed by atoms with Gasteiger partial charge in [-0.3, -0.25) is 9.69 Å². The van der Waals surface area contributed by atoms with Gasteiger partial charge in [0.1, 0.15) is 5.82 Å². The summed E-state index contributed by atoms with van der Waals surface area (Å²) in [5.74, 6) is 0.403. The first-order valence-electron chi connectivity index (χ1n) is 10.7. The number of hydrogen-bond donors (Lipinski definition) is 1. The summed E-state index contributed by atoms with van der Waals surface area (Å²) in [5, 5.41) is 2.90. The number of ether oxygens (including phenoxy) is 2. The fraction of sp³-hybridized carbons (Fsp3) is 0.435. The molecule has 0 saturated carbocycles. The summed E-state index contributed by atoms with van der Waals surface area (Å²) in [4.78, 5) is 14.7. The van der Waals surface area contributed by atoms with Crippen molar-refractivity contribution in [3.05, 3.63) is 53.8 Å². The number of benzene rings is 2. The van der Waals surface area contributed by atoms with Crippen molar-refractivity contribution in [3.63, 3.8) is 0 Å². The minimum Gasteiger partial charge on any atom is -0.493 e. The van der Waals surface area contributed by atoms with Crippen molar-refractivity contribution in [1.82, 2.24) is 14.5 Å². The fourth-order valence-electron chi connectivity index (χ4n) is 3.75. The summed E-state index contributed by atoms with van der Waals surface area (Å²) in [5.41, 5.74) is 0.943. The first kappa shape index (κ1) is 24.9. The highest BCUT2D eigenvalue weighted by atomic mass is 32.2. The average molecular weight is 480 g/mol. The lowest BCUT2D eigenvalue weighted by molar-refractivity contribution is -0.126. The van der Waals surface area contributed by atoms with E-state index in [1.165, 1.54) is 42.8 Å². The zero-order chi connectivity index (χ0) is 24.0. The maximum Gasteiger partial charge on any atom is 0.243 e. The maximum atomic E-state index is 13.1. The highest BCUT2D eigenvalue weighted by molar-refractivity contribution is 7.89. The molecule has 0 aliphatic carbocycles. The summed E-state index contributed by atoms with van der Waals surface area (Å²) in [6.45, 7) is 3.71. The van der Waals surface area contributed by atoms with Crippen LogP contribution in [0, 0.1) is 5.82 Å². The number of rotatable bonds is 9. The lowest BCUT2D eigenvalue weighted by Gasteiger charge is -2.36. The van der Waals surface area contributed by atoms with Crippen molar-refractivity contribution in [2.24, 2.45) is 0 Å². The summed E-state index contributed by atoms with van der Waals surface area (Å²) in [7, 11) is -0.744. The molecule has 1 aliphatic heterocycles. The highest BCUT2D eigenvalue weighted by Crippen LogP contribution is 2.31. The van der Waals surface area contributed by atoms with E-state index in [-0.39, 0.29) is 35.8 Å². The van der Waals surface area contributed by atoms with Crippen molar-refractivity contribution < 1.29 is 27.1 Å². The lowest BCUT2D eigenvalue weighted by Crippen LogP contribution is -2.55. The number of nitrogens with zero attached hydrogens (tertiary/aromatic N) is 2. The van der Waals surface area contributed by atoms with Gasteiger partial charge in [-0.2, -0.15) is 4.31 Å². The molecule has 10 heteroatoms. The predicted octanol–water partition coefficient (Wildman–Crippen LogP) is 1.90. The van der Waals surface area contributed by atoms with E-state index in [0.29, 0.717) is 37.6 Å². The minimum atomic E-state index is -3.69. The molecule has 2 aromatic carbocycles. The third-order valence-corrected chi connectivity index (χ3v) is 7.71. The van der Waals surface area contributed by atoms with Crippen molar-refractivity contribution in [3.8, 4) is 11.5 Å². The summed E-state index contributed by atoms with van der Waals surface area (Å²) in [6.07, 6.45) is 0.607. The van der Waals surface area contributed by atoms with Gasteiger partial charge in [0.15, 0.2) is 11.5 Å². The normalized spacial score (nSPS) is 16.2. The van der Waals surface area contributed by atoms with Crippen LogP contribution in [0.4, 0.5) is 4.39 Å². The number of carbonyl (C=O) groups excluding carboxylic acids is 1. The standard InChI is InChI=1S/C23H30FN3O5S/c1-17(23(28)25-11-10-18-4-6-19(24)7-5-18)26-12-14-27(15-13-26)33(29,30)20-8-9-21(31-2)22(16-20)32-3/h4-9,16-17H,10-15H2,1-3H3,(H,25,28). The zero-order valence-corrected chi connectivity index (χ0v) is 19.9. The molecule has 1 saturated heterocycles. The lowest BCUT2D eigenvalue weighted by atomic mass is 10.1. The summed E-state index contributed by atoms with van der Waals surface area (Å²) in [6, 6.07) is 10.3. The van der Waals surface area contributed by atoms with E-state index < -0.39 is 10.0 Å². The van der Waals surface area contributed by atoms with Gasteiger partial charge in [-0.15, -0.1) is 0 Å². The average Bonchev–Trinajstić information content (AvgIpc) is 2.84. The monoisotopic (exact) mass is 479 g/mol. The molecule has 1 fully saturated rings. The van der Waals surface area contributed by atoms with E-state index in [2.05, 4.69) is 5.32 Å². The van der Waals surface area contributed by atoms with Crippen LogP contribution in [0.25, 0.3) is 0 Å². The molecule has 0 aromatic heterocycles. The number of sulfonamides is 1. The highest BCUT2D eigenvalue weighted by Gasteiger charge is 2.32. The summed E-state index contributed by atoms with van der Waals surface area (Å²) < 4.78 is 50.9. The Hall–Kier alpha value is -2.69. The molecule has 3 rings (SSSR count). The Bertz CT molecular complexity index is 1050. The smallest absolute Gasteiger partial charge is 0.243 e. The quantitative estimate of drug-likeness (QED) is 0.591. The molecule has 180 valence electrons. The van der Waals surface area contributed by atoms with Crippen LogP contribution in [0.1, 0.15) is 12.5 Å². The van der Waals surface area contributed by atoms with Crippen molar-refractivity contribution in [1.29, 1.82) is 0 Å². The van der Waals surface area contributed by atoms with Gasteiger partial charge in [-0.1, -0.05) is 12.1 Å². The number of halogens is 1. The Balaban J connectivity index is 1.52. The number of methoxy groups -OCH3 is 2. The first-order chi connectivity index (χ1) is 15.8. The second-order valence-corrected chi connectivity index (χ2v) is 9.74. The summed E-state index contributed by atoms with van der Waals surface area (Å²) >= 11 is 0. The topological polar surface area (TPSA) is 88.2 Å². The van der Waals surface area contributed by atoms with E-state index in [1.807, 2.05) is 11.8 Å². The van der Waals surface area contributed by atoms with Crippen LogP contribution in [0.2, 0.25) is 0 Å².